The van der Waals surface area contributed by atoms with Gasteiger partial charge in [-0.3, -0.25) is 25.2 Å². The van der Waals surface area contributed by atoms with Crippen molar-refractivity contribution in [1.82, 2.24) is 5.43 Å². The fraction of sp³-hybridized carbons (Fsp3) is 0.250. The predicted octanol–water partition coefficient (Wildman–Crippen LogP) is 3.23. The summed E-state index contributed by atoms with van der Waals surface area (Å²) in [6, 6.07) is 19.0. The molecule has 4 rings (SSSR count). The lowest BCUT2D eigenvalue weighted by molar-refractivity contribution is -0.125. The second-order valence-electron chi connectivity index (χ2n) is 8.62. The fourth-order valence-electron chi connectivity index (χ4n) is 4.06. The summed E-state index contributed by atoms with van der Waals surface area (Å²) in [7, 11) is 4.60. The Morgan fingerprint density at radius 3 is 2.21 bits per heavy atom. The van der Waals surface area contributed by atoms with Crippen LogP contribution in [0.2, 0.25) is 0 Å². The number of hydrogen-bond acceptors (Lipinski definition) is 8. The van der Waals surface area contributed by atoms with Crippen LogP contribution >= 0.6 is 0 Å². The normalized spacial score (nSPS) is 14.4. The summed E-state index contributed by atoms with van der Waals surface area (Å²) in [5, 5.41) is 2.74. The number of carbonyl (C=O) groups is 3. The molecule has 1 atom stereocenters. The Balaban J connectivity index is 1.35. The molecule has 11 heteroatoms. The lowest BCUT2D eigenvalue weighted by Crippen LogP contribution is -2.36. The molecule has 0 radical (unpaired) electrons. The van der Waals surface area contributed by atoms with Crippen molar-refractivity contribution in [2.24, 2.45) is 5.92 Å². The van der Waals surface area contributed by atoms with E-state index in [1.54, 1.807) is 85.8 Å². The molecule has 3 aromatic rings. The Morgan fingerprint density at radius 2 is 1.56 bits per heavy atom. The van der Waals surface area contributed by atoms with Gasteiger partial charge in [0.2, 0.25) is 11.8 Å². The van der Waals surface area contributed by atoms with Crippen LogP contribution in [0, 0.1) is 5.92 Å². The third kappa shape index (κ3) is 6.69. The number of hydrazine groups is 1. The second kappa shape index (κ2) is 12.5. The maximum absolute atomic E-state index is 12.9. The molecule has 0 aliphatic carbocycles. The minimum atomic E-state index is -0.558. The van der Waals surface area contributed by atoms with E-state index in [1.807, 2.05) is 0 Å². The average molecular weight is 535 g/mol. The van der Waals surface area contributed by atoms with Crippen molar-refractivity contribution in [3.8, 4) is 23.0 Å². The first kappa shape index (κ1) is 27.1. The van der Waals surface area contributed by atoms with Crippen molar-refractivity contribution in [2.45, 2.75) is 6.42 Å². The summed E-state index contributed by atoms with van der Waals surface area (Å²) >= 11 is 0. The topological polar surface area (TPSA) is 127 Å². The van der Waals surface area contributed by atoms with Crippen LogP contribution in [0.25, 0.3) is 0 Å². The molecule has 3 aromatic carbocycles. The average Bonchev–Trinajstić information content (AvgIpc) is 3.36. The molecule has 3 amide bonds. The van der Waals surface area contributed by atoms with E-state index in [1.165, 1.54) is 7.11 Å². The zero-order valence-corrected chi connectivity index (χ0v) is 21.9. The highest BCUT2D eigenvalue weighted by Gasteiger charge is 2.35. The van der Waals surface area contributed by atoms with Gasteiger partial charge in [0.05, 0.1) is 32.9 Å². The monoisotopic (exact) mass is 534 g/mol. The number of nitrogens with one attached hydrogen (secondary N) is 3. The van der Waals surface area contributed by atoms with Crippen molar-refractivity contribution < 1.29 is 33.3 Å². The lowest BCUT2D eigenvalue weighted by Gasteiger charge is -2.19. The van der Waals surface area contributed by atoms with Crippen molar-refractivity contribution in [1.29, 1.82) is 0 Å². The van der Waals surface area contributed by atoms with Gasteiger partial charge in [0, 0.05) is 24.3 Å². The van der Waals surface area contributed by atoms with Crippen LogP contribution in [0.15, 0.2) is 66.7 Å². The van der Waals surface area contributed by atoms with Crippen LogP contribution in [0.3, 0.4) is 0 Å². The largest absolute Gasteiger partial charge is 0.497 e. The van der Waals surface area contributed by atoms with E-state index in [4.69, 9.17) is 18.9 Å². The number of nitrogens with zero attached hydrogens (tertiary/aromatic N) is 1. The molecule has 1 aliphatic rings. The van der Waals surface area contributed by atoms with Crippen molar-refractivity contribution in [3.05, 3.63) is 66.7 Å². The highest BCUT2D eigenvalue weighted by Crippen LogP contribution is 2.35. The van der Waals surface area contributed by atoms with Crippen LogP contribution in [0.4, 0.5) is 17.1 Å². The molecule has 39 heavy (non-hydrogen) atoms. The van der Waals surface area contributed by atoms with Gasteiger partial charge in [0.1, 0.15) is 11.5 Å². The van der Waals surface area contributed by atoms with Crippen LogP contribution < -0.4 is 40.0 Å². The standard InChI is InChI=1S/C28H30N4O7/c1-36-21-11-7-19(8-12-21)29-25(33)17-39-27-23(5-4-6-24(27)38-3)30-31-28(35)18-15-26(34)32(16-18)20-9-13-22(37-2)14-10-20/h4-14,18,30H,15-17H2,1-3H3,(H,29,33)(H,31,35)/t18-/m1/s1. The molecule has 1 heterocycles. The van der Waals surface area contributed by atoms with Crippen molar-refractivity contribution in [2.75, 3.05) is 50.1 Å². The van der Waals surface area contributed by atoms with E-state index in [9.17, 15) is 14.4 Å². The molecule has 0 saturated carbocycles. The van der Waals surface area contributed by atoms with Gasteiger partial charge in [0.25, 0.3) is 5.91 Å². The molecule has 11 nitrogen and oxygen atoms in total. The Labute approximate surface area is 226 Å². The molecule has 1 aliphatic heterocycles. The summed E-state index contributed by atoms with van der Waals surface area (Å²) in [6.07, 6.45) is 0.0759. The first-order valence-corrected chi connectivity index (χ1v) is 12.2. The molecule has 0 aromatic heterocycles. The number of methoxy groups -OCH3 is 3. The quantitative estimate of drug-likeness (QED) is 0.320. The second-order valence-corrected chi connectivity index (χ2v) is 8.62. The fourth-order valence-corrected chi connectivity index (χ4v) is 4.06. The SMILES string of the molecule is COc1ccc(NC(=O)COc2c(NNC(=O)[C@@H]3CC(=O)N(c4ccc(OC)cc4)C3)cccc2OC)cc1. The minimum Gasteiger partial charge on any atom is -0.497 e. The van der Waals surface area contributed by atoms with Gasteiger partial charge in [0.15, 0.2) is 18.1 Å². The number of para-hydroxylation sites is 1. The van der Waals surface area contributed by atoms with Gasteiger partial charge < -0.3 is 29.2 Å². The van der Waals surface area contributed by atoms with E-state index in [0.717, 1.165) is 0 Å². The Morgan fingerprint density at radius 1 is 0.897 bits per heavy atom. The van der Waals surface area contributed by atoms with Gasteiger partial charge in [-0.2, -0.15) is 0 Å². The maximum atomic E-state index is 12.9. The van der Waals surface area contributed by atoms with Gasteiger partial charge >= 0.3 is 0 Å². The molecule has 204 valence electrons. The third-order valence-electron chi connectivity index (χ3n) is 6.12. The van der Waals surface area contributed by atoms with Crippen molar-refractivity contribution in [3.63, 3.8) is 0 Å². The molecule has 3 N–H and O–H groups in total. The number of ether oxygens (including phenoxy) is 4. The van der Waals surface area contributed by atoms with E-state index >= 15 is 0 Å². The first-order valence-electron chi connectivity index (χ1n) is 12.2. The van der Waals surface area contributed by atoms with E-state index < -0.39 is 5.92 Å². The zero-order chi connectivity index (χ0) is 27.8. The number of benzene rings is 3. The van der Waals surface area contributed by atoms with Crippen LogP contribution in [0.5, 0.6) is 23.0 Å². The third-order valence-corrected chi connectivity index (χ3v) is 6.12. The highest BCUT2D eigenvalue weighted by atomic mass is 16.5. The van der Waals surface area contributed by atoms with Crippen molar-refractivity contribution >= 4 is 34.8 Å². The first-order chi connectivity index (χ1) is 18.9. The van der Waals surface area contributed by atoms with E-state index in [-0.39, 0.29) is 43.0 Å². The number of anilines is 3. The summed E-state index contributed by atoms with van der Waals surface area (Å²) in [6.45, 7) is -0.0609. The number of amides is 3. The summed E-state index contributed by atoms with van der Waals surface area (Å²) in [4.78, 5) is 39.5. The molecular formula is C28H30N4O7. The molecule has 0 bridgehead atoms. The molecule has 1 saturated heterocycles. The minimum absolute atomic E-state index is 0.0759. The number of rotatable bonds is 11. The number of hydrogen-bond donors (Lipinski definition) is 3. The summed E-state index contributed by atoms with van der Waals surface area (Å²) in [5.41, 5.74) is 7.15. The van der Waals surface area contributed by atoms with E-state index in [0.29, 0.717) is 34.3 Å². The van der Waals surface area contributed by atoms with Gasteiger partial charge in [-0.15, -0.1) is 0 Å². The van der Waals surface area contributed by atoms with Crippen LogP contribution in [-0.2, 0) is 14.4 Å². The summed E-state index contributed by atoms with van der Waals surface area (Å²) < 4.78 is 21.4. The van der Waals surface area contributed by atoms with Gasteiger partial charge in [-0.25, -0.2) is 0 Å². The van der Waals surface area contributed by atoms with Crippen LogP contribution in [-0.4, -0.2) is 52.2 Å². The molecule has 0 spiro atoms. The zero-order valence-electron chi connectivity index (χ0n) is 21.9. The lowest BCUT2D eigenvalue weighted by atomic mass is 10.1. The Hall–Kier alpha value is -4.93. The smallest absolute Gasteiger partial charge is 0.262 e. The Bertz CT molecular complexity index is 1310. The van der Waals surface area contributed by atoms with Gasteiger partial charge in [-0.1, -0.05) is 6.07 Å². The molecule has 1 fully saturated rings. The predicted molar refractivity (Wildman–Crippen MR) is 145 cm³/mol. The van der Waals surface area contributed by atoms with Crippen LogP contribution in [0.1, 0.15) is 6.42 Å². The number of carbonyl (C=O) groups excluding carboxylic acids is 3. The molecular weight excluding hydrogens is 504 g/mol. The van der Waals surface area contributed by atoms with E-state index in [2.05, 4.69) is 16.2 Å². The highest BCUT2D eigenvalue weighted by molar-refractivity contribution is 6.00. The Kier molecular flexibility index (Phi) is 8.72. The molecule has 0 unspecified atom stereocenters. The van der Waals surface area contributed by atoms with Gasteiger partial charge in [-0.05, 0) is 60.7 Å². The maximum Gasteiger partial charge on any atom is 0.262 e. The summed E-state index contributed by atoms with van der Waals surface area (Å²) in [5.74, 6) is 0.520.